The highest BCUT2D eigenvalue weighted by molar-refractivity contribution is 5.92. The Bertz CT molecular complexity index is 2550. The summed E-state index contributed by atoms with van der Waals surface area (Å²) in [5, 5.41) is 0. The molecule has 2 aliphatic heterocycles. The van der Waals surface area contributed by atoms with Gasteiger partial charge in [-0.1, -0.05) is 109 Å². The predicted molar refractivity (Wildman–Crippen MR) is 250 cm³/mol. The van der Waals surface area contributed by atoms with Gasteiger partial charge in [0, 0.05) is 13.1 Å². The van der Waals surface area contributed by atoms with Crippen molar-refractivity contribution in [3.63, 3.8) is 0 Å². The molecular weight excluding hydrogens is 917 g/mol. The van der Waals surface area contributed by atoms with Crippen LogP contribution in [0, 0.1) is 0 Å². The first-order chi connectivity index (χ1) is 34.6. The fourth-order valence-corrected chi connectivity index (χ4v) is 7.89. The molecule has 0 saturated carbocycles. The van der Waals surface area contributed by atoms with Crippen LogP contribution in [0.1, 0.15) is 62.1 Å². The van der Waals surface area contributed by atoms with E-state index >= 15 is 0 Å². The van der Waals surface area contributed by atoms with E-state index in [9.17, 15) is 28.8 Å². The zero-order valence-electron chi connectivity index (χ0n) is 37.8. The van der Waals surface area contributed by atoms with Crippen molar-refractivity contribution in [2.75, 3.05) is 13.1 Å². The van der Waals surface area contributed by atoms with Gasteiger partial charge in [0.2, 0.25) is 12.6 Å². The van der Waals surface area contributed by atoms with Gasteiger partial charge in [-0.15, -0.1) is 0 Å². The zero-order valence-corrected chi connectivity index (χ0v) is 37.8. The molecule has 0 radical (unpaired) electrons. The van der Waals surface area contributed by atoms with Gasteiger partial charge in [-0.3, -0.25) is 0 Å². The van der Waals surface area contributed by atoms with Crippen molar-refractivity contribution in [1.29, 1.82) is 0 Å². The third-order valence-electron chi connectivity index (χ3n) is 11.4. The Labute approximate surface area is 407 Å². The van der Waals surface area contributed by atoms with Gasteiger partial charge in [0.25, 0.3) is 0 Å². The first kappa shape index (κ1) is 49.4. The second-order valence-corrected chi connectivity index (χ2v) is 16.1. The smallest absolute Gasteiger partial charge is 0.338 e. The van der Waals surface area contributed by atoms with Gasteiger partial charge in [0.05, 0.1) is 33.4 Å². The Hall–Kier alpha value is -8.06. The summed E-state index contributed by atoms with van der Waals surface area (Å²) >= 11 is 0. The molecule has 2 aliphatic rings. The molecule has 17 heteroatoms. The van der Waals surface area contributed by atoms with Gasteiger partial charge < -0.3 is 54.1 Å². The number of rotatable bonds is 16. The molecule has 2 heterocycles. The van der Waals surface area contributed by atoms with Gasteiger partial charge in [-0.2, -0.15) is 0 Å². The largest absolute Gasteiger partial charge is 0.452 e. The molecule has 10 unspecified atom stereocenters. The average molecular weight is 965 g/mol. The minimum absolute atomic E-state index is 0.0564. The number of benzene rings is 6. The van der Waals surface area contributed by atoms with Crippen LogP contribution < -0.4 is 11.5 Å². The molecule has 0 spiro atoms. The maximum atomic E-state index is 14.2. The molecule has 0 aromatic heterocycles. The summed E-state index contributed by atoms with van der Waals surface area (Å²) in [7, 11) is 0. The van der Waals surface area contributed by atoms with Gasteiger partial charge >= 0.3 is 35.8 Å². The number of carbonyl (C=O) groups is 6. The molecule has 0 amide bonds. The highest BCUT2D eigenvalue weighted by Crippen LogP contribution is 2.36. The Morgan fingerprint density at radius 1 is 0.310 bits per heavy atom. The van der Waals surface area contributed by atoms with Crippen molar-refractivity contribution in [1.82, 2.24) is 0 Å². The number of nitrogens with two attached hydrogens (primary N) is 2. The molecule has 4 N–H and O–H groups in total. The average Bonchev–Trinajstić information content (AvgIpc) is 3.42. The van der Waals surface area contributed by atoms with E-state index in [2.05, 4.69) is 0 Å². The lowest BCUT2D eigenvalue weighted by atomic mass is 9.96. The topological polar surface area (TPSA) is 238 Å². The summed E-state index contributed by atoms with van der Waals surface area (Å²) in [5.74, 6) is -5.47. The molecule has 71 heavy (non-hydrogen) atoms. The van der Waals surface area contributed by atoms with E-state index in [1.54, 1.807) is 109 Å². The lowest BCUT2D eigenvalue weighted by molar-refractivity contribution is -0.368. The number of carbonyl (C=O) groups excluding carboxylic acids is 6. The van der Waals surface area contributed by atoms with Crippen LogP contribution in [0.4, 0.5) is 0 Å². The van der Waals surface area contributed by atoms with Crippen molar-refractivity contribution in [2.45, 2.75) is 61.4 Å². The molecule has 6 aromatic rings. The van der Waals surface area contributed by atoms with E-state index in [0.717, 1.165) is 0 Å². The standard InChI is InChI=1S/C54H48N2O15/c55-31-39-41(65-47(57)33-19-7-1-8-20-33)43(67-49(59)35-23-11-3-12-24-35)45(69-51(61)37-27-15-5-16-28-37)53(63-39)71-54-46(70-52(62)38-29-17-6-18-30-38)44(68-50(60)36-25-13-4-14-26-36)42(40(32-56)64-54)66-48(58)34-21-9-2-10-22-34/h1-30,39-46,53-54H,31-32,55-56H2. The second kappa shape index (κ2) is 23.5. The van der Waals surface area contributed by atoms with E-state index in [0.29, 0.717) is 0 Å². The highest BCUT2D eigenvalue weighted by atomic mass is 16.8. The Morgan fingerprint density at radius 2 is 0.507 bits per heavy atom. The van der Waals surface area contributed by atoms with Gasteiger partial charge in [0.1, 0.15) is 12.2 Å². The van der Waals surface area contributed by atoms with Crippen molar-refractivity contribution < 1.29 is 71.4 Å². The summed E-state index contributed by atoms with van der Waals surface area (Å²) in [4.78, 5) is 84.1. The van der Waals surface area contributed by atoms with Crippen molar-refractivity contribution in [3.8, 4) is 0 Å². The summed E-state index contributed by atoms with van der Waals surface area (Å²) in [6, 6.07) is 47.2. The van der Waals surface area contributed by atoms with Crippen LogP contribution in [0.15, 0.2) is 182 Å². The third-order valence-corrected chi connectivity index (χ3v) is 11.4. The quantitative estimate of drug-likeness (QED) is 0.0871. The molecule has 8 rings (SSSR count). The Balaban J connectivity index is 1.23. The minimum Gasteiger partial charge on any atom is -0.452 e. The SMILES string of the molecule is NCC1OC(OC2OC(CN)C(OC(=O)c3ccccc3)C(OC(=O)c3ccccc3)C2OC(=O)c2ccccc2)C(OC(=O)c2ccccc2)C(OC(=O)c2ccccc2)C1OC(=O)c1ccccc1. The monoisotopic (exact) mass is 964 g/mol. The fraction of sp³-hybridized carbons (Fsp3) is 0.222. The second-order valence-electron chi connectivity index (χ2n) is 16.1. The normalized spacial score (nSPS) is 23.7. The first-order valence-corrected chi connectivity index (χ1v) is 22.5. The van der Waals surface area contributed by atoms with Crippen LogP contribution >= 0.6 is 0 Å². The molecule has 6 aromatic carbocycles. The van der Waals surface area contributed by atoms with Crippen molar-refractivity contribution >= 4 is 35.8 Å². The molecule has 2 saturated heterocycles. The van der Waals surface area contributed by atoms with E-state index in [4.69, 9.17) is 54.1 Å². The highest BCUT2D eigenvalue weighted by Gasteiger charge is 2.58. The van der Waals surface area contributed by atoms with Gasteiger partial charge in [-0.05, 0) is 72.8 Å². The Morgan fingerprint density at radius 3 is 0.718 bits per heavy atom. The zero-order chi connectivity index (χ0) is 49.7. The summed E-state index contributed by atoms with van der Waals surface area (Å²) in [6.07, 6.45) is -16.8. The number of hydrogen-bond donors (Lipinski definition) is 2. The molecule has 10 atom stereocenters. The maximum Gasteiger partial charge on any atom is 0.338 e. The number of ether oxygens (including phenoxy) is 9. The van der Waals surface area contributed by atoms with Gasteiger partial charge in [-0.25, -0.2) is 28.8 Å². The summed E-state index contributed by atoms with van der Waals surface area (Å²) < 4.78 is 56.3. The van der Waals surface area contributed by atoms with Crippen LogP contribution in [-0.2, 0) is 42.6 Å². The lowest BCUT2D eigenvalue weighted by Gasteiger charge is -2.48. The van der Waals surface area contributed by atoms with E-state index < -0.39 is 110 Å². The maximum absolute atomic E-state index is 14.2. The first-order valence-electron chi connectivity index (χ1n) is 22.5. The molecule has 2 fully saturated rings. The molecule has 17 nitrogen and oxygen atoms in total. The van der Waals surface area contributed by atoms with Gasteiger partial charge in [0.15, 0.2) is 36.6 Å². The van der Waals surface area contributed by atoms with Crippen LogP contribution in [0.25, 0.3) is 0 Å². The molecular formula is C54H48N2O15. The summed E-state index contributed by atoms with van der Waals surface area (Å²) in [6.45, 7) is -0.799. The van der Waals surface area contributed by atoms with Crippen molar-refractivity contribution in [2.24, 2.45) is 11.5 Å². The number of hydrogen-bond acceptors (Lipinski definition) is 17. The van der Waals surface area contributed by atoms with Crippen LogP contribution in [0.5, 0.6) is 0 Å². The Kier molecular flexibility index (Phi) is 16.3. The summed E-state index contributed by atoms with van der Waals surface area (Å²) in [5.41, 5.74) is 13.2. The van der Waals surface area contributed by atoms with E-state index in [-0.39, 0.29) is 33.4 Å². The predicted octanol–water partition coefficient (Wildman–Crippen LogP) is 5.72. The minimum atomic E-state index is -1.88. The van der Waals surface area contributed by atoms with Crippen LogP contribution in [0.2, 0.25) is 0 Å². The number of esters is 6. The van der Waals surface area contributed by atoms with Crippen molar-refractivity contribution in [3.05, 3.63) is 215 Å². The fourth-order valence-electron chi connectivity index (χ4n) is 7.89. The van der Waals surface area contributed by atoms with Crippen LogP contribution in [-0.4, -0.2) is 110 Å². The molecule has 364 valence electrons. The molecule has 0 bridgehead atoms. The van der Waals surface area contributed by atoms with E-state index in [1.165, 1.54) is 72.8 Å². The molecule has 0 aliphatic carbocycles. The van der Waals surface area contributed by atoms with Crippen LogP contribution in [0.3, 0.4) is 0 Å². The van der Waals surface area contributed by atoms with E-state index in [1.807, 2.05) is 0 Å². The third kappa shape index (κ3) is 12.0. The lowest BCUT2D eigenvalue weighted by Crippen LogP contribution is -2.67.